The number of benzene rings is 3. The molecule has 3 aromatic rings. The van der Waals surface area contributed by atoms with Crippen LogP contribution >= 0.6 is 15.9 Å². The highest BCUT2D eigenvalue weighted by atomic mass is 79.9. The average molecular weight is 402 g/mol. The summed E-state index contributed by atoms with van der Waals surface area (Å²) >= 11 is 3.64. The summed E-state index contributed by atoms with van der Waals surface area (Å²) in [5.41, 5.74) is 6.63. The van der Waals surface area contributed by atoms with E-state index in [1.807, 2.05) is 0 Å². The Bertz CT molecular complexity index is 977. The topological polar surface area (TPSA) is 12.0 Å². The minimum absolute atomic E-state index is 0.324. The maximum absolute atomic E-state index is 3.92. The van der Waals surface area contributed by atoms with Gasteiger partial charge in [0.1, 0.15) is 0 Å². The highest BCUT2D eigenvalue weighted by Crippen LogP contribution is 2.52. The number of anilines is 1. The molecule has 0 bridgehead atoms. The molecule has 2 heteroatoms. The molecule has 1 nitrogen and oxygen atoms in total. The third-order valence-corrected chi connectivity index (χ3v) is 6.18. The second-order valence-electron chi connectivity index (χ2n) is 7.17. The van der Waals surface area contributed by atoms with Gasteiger partial charge in [-0.25, -0.2) is 0 Å². The molecular formula is C24H20BrN. The smallest absolute Gasteiger partial charge is 0.0554 e. The molecule has 1 heterocycles. The fourth-order valence-corrected chi connectivity index (χ4v) is 4.93. The van der Waals surface area contributed by atoms with E-state index in [-0.39, 0.29) is 0 Å². The normalized spacial score (nSPS) is 23.2. The van der Waals surface area contributed by atoms with Gasteiger partial charge in [-0.3, -0.25) is 0 Å². The van der Waals surface area contributed by atoms with Gasteiger partial charge in [-0.15, -0.1) is 0 Å². The summed E-state index contributed by atoms with van der Waals surface area (Å²) in [6.45, 7) is 0. The maximum Gasteiger partial charge on any atom is 0.0554 e. The molecule has 128 valence electrons. The van der Waals surface area contributed by atoms with Crippen molar-refractivity contribution in [3.8, 4) is 11.1 Å². The number of fused-ring (bicyclic) bond motifs is 3. The van der Waals surface area contributed by atoms with Crippen LogP contribution in [-0.4, -0.2) is 0 Å². The number of hydrogen-bond donors (Lipinski definition) is 1. The van der Waals surface area contributed by atoms with Crippen LogP contribution in [0.4, 0.5) is 5.69 Å². The summed E-state index contributed by atoms with van der Waals surface area (Å²) in [7, 11) is 0. The SMILES string of the molecule is Brc1cccc([C@@H]2Nc3c(-c4ccccc4)cccc3[C@@H]3C=CC[C@H]32)c1. The molecule has 1 aliphatic carbocycles. The zero-order valence-electron chi connectivity index (χ0n) is 14.4. The maximum atomic E-state index is 3.92. The predicted molar refractivity (Wildman–Crippen MR) is 112 cm³/mol. The summed E-state index contributed by atoms with van der Waals surface area (Å²) in [5, 5.41) is 3.92. The van der Waals surface area contributed by atoms with E-state index in [0.29, 0.717) is 17.9 Å². The van der Waals surface area contributed by atoms with Gasteiger partial charge in [0.25, 0.3) is 0 Å². The van der Waals surface area contributed by atoms with Crippen molar-refractivity contribution >= 4 is 21.6 Å². The average Bonchev–Trinajstić information content (AvgIpc) is 3.18. The van der Waals surface area contributed by atoms with Gasteiger partial charge in [0.2, 0.25) is 0 Å². The molecule has 1 N–H and O–H groups in total. The van der Waals surface area contributed by atoms with E-state index < -0.39 is 0 Å². The molecule has 5 rings (SSSR count). The minimum atomic E-state index is 0.324. The van der Waals surface area contributed by atoms with Crippen LogP contribution in [0.2, 0.25) is 0 Å². The molecular weight excluding hydrogens is 382 g/mol. The van der Waals surface area contributed by atoms with Crippen molar-refractivity contribution in [2.24, 2.45) is 5.92 Å². The van der Waals surface area contributed by atoms with Crippen LogP contribution in [0.1, 0.15) is 29.5 Å². The molecule has 0 unspecified atom stereocenters. The van der Waals surface area contributed by atoms with Crippen molar-refractivity contribution in [3.63, 3.8) is 0 Å². The highest BCUT2D eigenvalue weighted by Gasteiger charge is 2.38. The Morgan fingerprint density at radius 3 is 2.58 bits per heavy atom. The van der Waals surface area contributed by atoms with Gasteiger partial charge in [-0.2, -0.15) is 0 Å². The number of allylic oxidation sites excluding steroid dienone is 2. The van der Waals surface area contributed by atoms with Gasteiger partial charge < -0.3 is 5.32 Å². The Labute approximate surface area is 162 Å². The van der Waals surface area contributed by atoms with Gasteiger partial charge in [0.05, 0.1) is 6.04 Å². The van der Waals surface area contributed by atoms with E-state index >= 15 is 0 Å². The lowest BCUT2D eigenvalue weighted by atomic mass is 9.76. The minimum Gasteiger partial charge on any atom is -0.377 e. The summed E-state index contributed by atoms with van der Waals surface area (Å²) < 4.78 is 1.14. The molecule has 3 aromatic carbocycles. The standard InChI is InChI=1S/C24H20BrN/c25-18-10-4-9-17(15-18)23-21-13-6-12-20(21)22-14-5-11-19(24(22)26-23)16-7-2-1-3-8-16/h1-12,14-15,20-21,23,26H,13H2/t20-,21-,23+/m1/s1. The van der Waals surface area contributed by atoms with Crippen LogP contribution in [0.3, 0.4) is 0 Å². The van der Waals surface area contributed by atoms with Gasteiger partial charge in [-0.05, 0) is 41.2 Å². The number of halogens is 1. The summed E-state index contributed by atoms with van der Waals surface area (Å²) in [6, 6.07) is 26.5. The molecule has 3 atom stereocenters. The Morgan fingerprint density at radius 2 is 1.73 bits per heavy atom. The second kappa shape index (κ2) is 6.44. The van der Waals surface area contributed by atoms with E-state index in [1.165, 1.54) is 27.9 Å². The van der Waals surface area contributed by atoms with E-state index in [1.54, 1.807) is 0 Å². The highest BCUT2D eigenvalue weighted by molar-refractivity contribution is 9.10. The number of rotatable bonds is 2. The first kappa shape index (κ1) is 15.9. The first-order valence-electron chi connectivity index (χ1n) is 9.18. The molecule has 0 aromatic heterocycles. The van der Waals surface area contributed by atoms with Crippen molar-refractivity contribution in [3.05, 3.63) is 101 Å². The second-order valence-corrected chi connectivity index (χ2v) is 8.08. The predicted octanol–water partition coefficient (Wildman–Crippen LogP) is 6.94. The van der Waals surface area contributed by atoms with Gasteiger partial charge in [0, 0.05) is 21.6 Å². The number of hydrogen-bond acceptors (Lipinski definition) is 1. The molecule has 0 saturated heterocycles. The Balaban J connectivity index is 1.66. The molecule has 1 aliphatic heterocycles. The first-order valence-corrected chi connectivity index (χ1v) is 9.97. The molecule has 2 aliphatic rings. The monoisotopic (exact) mass is 401 g/mol. The summed E-state index contributed by atoms with van der Waals surface area (Å²) in [4.78, 5) is 0. The van der Waals surface area contributed by atoms with Crippen molar-refractivity contribution in [2.75, 3.05) is 5.32 Å². The van der Waals surface area contributed by atoms with Crippen LogP contribution < -0.4 is 5.32 Å². The zero-order valence-corrected chi connectivity index (χ0v) is 16.0. The van der Waals surface area contributed by atoms with Gasteiger partial charge in [-0.1, -0.05) is 88.7 Å². The third kappa shape index (κ3) is 2.60. The lowest BCUT2D eigenvalue weighted by molar-refractivity contribution is 0.426. The lowest BCUT2D eigenvalue weighted by Crippen LogP contribution is -2.29. The van der Waals surface area contributed by atoms with Crippen LogP contribution in [0.15, 0.2) is 89.4 Å². The van der Waals surface area contributed by atoms with Crippen molar-refractivity contribution in [1.82, 2.24) is 0 Å². The van der Waals surface area contributed by atoms with Gasteiger partial charge in [0.15, 0.2) is 0 Å². The molecule has 0 radical (unpaired) electrons. The first-order chi connectivity index (χ1) is 12.8. The van der Waals surface area contributed by atoms with E-state index in [9.17, 15) is 0 Å². The Kier molecular flexibility index (Phi) is 3.94. The van der Waals surface area contributed by atoms with Crippen molar-refractivity contribution in [1.29, 1.82) is 0 Å². The molecule has 0 saturated carbocycles. The largest absolute Gasteiger partial charge is 0.377 e. The molecule has 26 heavy (non-hydrogen) atoms. The molecule has 0 spiro atoms. The Hall–Kier alpha value is -2.32. The van der Waals surface area contributed by atoms with E-state index in [4.69, 9.17) is 0 Å². The number of nitrogens with one attached hydrogen (secondary N) is 1. The third-order valence-electron chi connectivity index (χ3n) is 5.69. The van der Waals surface area contributed by atoms with E-state index in [2.05, 4.69) is 106 Å². The zero-order chi connectivity index (χ0) is 17.5. The lowest BCUT2D eigenvalue weighted by Gasteiger charge is -2.38. The van der Waals surface area contributed by atoms with E-state index in [0.717, 1.165) is 10.9 Å². The van der Waals surface area contributed by atoms with Crippen LogP contribution in [0.25, 0.3) is 11.1 Å². The molecule has 0 amide bonds. The number of para-hydroxylation sites is 1. The van der Waals surface area contributed by atoms with Crippen molar-refractivity contribution in [2.45, 2.75) is 18.4 Å². The van der Waals surface area contributed by atoms with Gasteiger partial charge >= 0.3 is 0 Å². The fourth-order valence-electron chi connectivity index (χ4n) is 4.51. The van der Waals surface area contributed by atoms with Crippen LogP contribution in [-0.2, 0) is 0 Å². The summed E-state index contributed by atoms with van der Waals surface area (Å²) in [6.07, 6.45) is 5.89. The fraction of sp³-hybridized carbons (Fsp3) is 0.167. The quantitative estimate of drug-likeness (QED) is 0.458. The van der Waals surface area contributed by atoms with Crippen LogP contribution in [0, 0.1) is 5.92 Å². The van der Waals surface area contributed by atoms with Crippen molar-refractivity contribution < 1.29 is 0 Å². The Morgan fingerprint density at radius 1 is 0.885 bits per heavy atom. The van der Waals surface area contributed by atoms with Crippen LogP contribution in [0.5, 0.6) is 0 Å². The molecule has 0 fully saturated rings. The summed E-state index contributed by atoms with van der Waals surface area (Å²) in [5.74, 6) is 1.06.